The monoisotopic (exact) mass is 205 g/mol. The van der Waals surface area contributed by atoms with Crippen LogP contribution in [-0.4, -0.2) is 17.4 Å². The summed E-state index contributed by atoms with van der Waals surface area (Å²) < 4.78 is 0. The van der Waals surface area contributed by atoms with Crippen LogP contribution < -0.4 is 5.73 Å². The molecule has 0 saturated heterocycles. The van der Waals surface area contributed by atoms with Gasteiger partial charge < -0.3 is 10.8 Å². The lowest BCUT2D eigenvalue weighted by molar-refractivity contribution is 0.101. The van der Waals surface area contributed by atoms with E-state index in [1.807, 2.05) is 13.0 Å². The largest absolute Gasteiger partial charge is 0.507 e. The number of aryl methyl sites for hydroxylation is 1. The minimum atomic E-state index is -0.134. The van der Waals surface area contributed by atoms with Crippen LogP contribution in [0.2, 0.25) is 0 Å². The number of benzene rings is 1. The minimum Gasteiger partial charge on any atom is -0.507 e. The molecule has 3 N–H and O–H groups in total. The summed E-state index contributed by atoms with van der Waals surface area (Å²) in [6, 6.07) is 3.27. The van der Waals surface area contributed by atoms with Crippen molar-refractivity contribution in [1.29, 1.82) is 0 Å². The highest BCUT2D eigenvalue weighted by Crippen LogP contribution is 2.23. The number of ketones is 1. The summed E-state index contributed by atoms with van der Waals surface area (Å²) >= 11 is 0. The van der Waals surface area contributed by atoms with Gasteiger partial charge in [0.25, 0.3) is 0 Å². The summed E-state index contributed by atoms with van der Waals surface area (Å²) in [5.74, 6) is -0.116. The number of carbonyl (C=O) groups is 1. The lowest BCUT2D eigenvalue weighted by Gasteiger charge is -2.06. The molecule has 1 aromatic rings. The summed E-state index contributed by atoms with van der Waals surface area (Å²) in [6.45, 7) is 3.78. The number of hydrogen-bond donors (Lipinski definition) is 2. The van der Waals surface area contributed by atoms with Crippen molar-refractivity contribution >= 4 is 11.9 Å². The number of phenolic OH excluding ortho intramolecular Hbond substituents is 1. The van der Waals surface area contributed by atoms with E-state index in [4.69, 9.17) is 5.73 Å². The van der Waals surface area contributed by atoms with Crippen LogP contribution in [0.3, 0.4) is 0 Å². The van der Waals surface area contributed by atoms with Crippen LogP contribution in [0.4, 0.5) is 0 Å². The molecule has 0 atom stereocenters. The Kier molecular flexibility index (Phi) is 3.63. The van der Waals surface area contributed by atoms with E-state index >= 15 is 0 Å². The van der Waals surface area contributed by atoms with E-state index in [0.717, 1.165) is 11.1 Å². The van der Waals surface area contributed by atoms with E-state index in [1.165, 1.54) is 6.92 Å². The molecule has 0 heterocycles. The third kappa shape index (κ3) is 2.67. The number of nitrogens with two attached hydrogens (primary N) is 1. The van der Waals surface area contributed by atoms with Crippen LogP contribution in [0.1, 0.15) is 28.4 Å². The zero-order valence-corrected chi connectivity index (χ0v) is 8.95. The topological polar surface area (TPSA) is 63.3 Å². The summed E-state index contributed by atoms with van der Waals surface area (Å²) in [7, 11) is 0. The van der Waals surface area contributed by atoms with E-state index in [1.54, 1.807) is 18.2 Å². The van der Waals surface area contributed by atoms with Gasteiger partial charge in [0, 0.05) is 6.54 Å². The fourth-order valence-corrected chi connectivity index (χ4v) is 1.37. The summed E-state index contributed by atoms with van der Waals surface area (Å²) in [5.41, 5.74) is 7.52. The first-order chi connectivity index (χ1) is 7.06. The minimum absolute atomic E-state index is 0.0183. The molecule has 15 heavy (non-hydrogen) atoms. The van der Waals surface area contributed by atoms with Crippen LogP contribution in [0.15, 0.2) is 18.2 Å². The quantitative estimate of drug-likeness (QED) is 0.740. The molecule has 0 saturated carbocycles. The number of rotatable bonds is 3. The van der Waals surface area contributed by atoms with Gasteiger partial charge in [0.2, 0.25) is 0 Å². The highest BCUT2D eigenvalue weighted by molar-refractivity contribution is 5.97. The maximum absolute atomic E-state index is 11.1. The molecule has 0 aliphatic rings. The Hall–Kier alpha value is -1.61. The highest BCUT2D eigenvalue weighted by Gasteiger charge is 2.08. The SMILES string of the molecule is CC(=O)c1cc(C)c(C=CCN)cc1O. The van der Waals surface area contributed by atoms with E-state index in [-0.39, 0.29) is 11.5 Å². The molecule has 0 unspecified atom stereocenters. The molecule has 0 bridgehead atoms. The molecule has 0 fully saturated rings. The zero-order chi connectivity index (χ0) is 11.4. The fraction of sp³-hybridized carbons (Fsp3) is 0.250. The lowest BCUT2D eigenvalue weighted by atomic mass is 10.0. The molecule has 0 aliphatic heterocycles. The number of hydrogen-bond acceptors (Lipinski definition) is 3. The van der Waals surface area contributed by atoms with E-state index < -0.39 is 0 Å². The van der Waals surface area contributed by atoms with Gasteiger partial charge in [0.05, 0.1) is 5.56 Å². The second-order valence-electron chi connectivity index (χ2n) is 3.42. The highest BCUT2D eigenvalue weighted by atomic mass is 16.3. The Bertz CT molecular complexity index is 408. The Balaban J connectivity index is 3.19. The summed E-state index contributed by atoms with van der Waals surface area (Å²) in [6.07, 6.45) is 3.63. The molecule has 0 radical (unpaired) electrons. The lowest BCUT2D eigenvalue weighted by Crippen LogP contribution is -1.96. The average molecular weight is 205 g/mol. The van der Waals surface area contributed by atoms with Crippen LogP contribution in [0.25, 0.3) is 6.08 Å². The van der Waals surface area contributed by atoms with Crippen molar-refractivity contribution in [3.8, 4) is 5.75 Å². The van der Waals surface area contributed by atoms with Gasteiger partial charge in [-0.2, -0.15) is 0 Å². The molecule has 1 rings (SSSR count). The number of carbonyl (C=O) groups excluding carboxylic acids is 1. The predicted molar refractivity (Wildman–Crippen MR) is 60.9 cm³/mol. The Morgan fingerprint density at radius 1 is 1.53 bits per heavy atom. The van der Waals surface area contributed by atoms with Gasteiger partial charge in [-0.3, -0.25) is 4.79 Å². The first kappa shape index (κ1) is 11.5. The molecule has 0 aromatic heterocycles. The Labute approximate surface area is 89.2 Å². The summed E-state index contributed by atoms with van der Waals surface area (Å²) in [4.78, 5) is 11.1. The number of phenols is 1. The maximum atomic E-state index is 11.1. The van der Waals surface area contributed by atoms with Gasteiger partial charge in [-0.1, -0.05) is 12.2 Å². The zero-order valence-electron chi connectivity index (χ0n) is 8.95. The first-order valence-electron chi connectivity index (χ1n) is 4.77. The standard InChI is InChI=1S/C12H15NO2/c1-8-6-11(9(2)14)12(15)7-10(8)4-3-5-13/h3-4,6-7,15H,5,13H2,1-2H3. The second-order valence-corrected chi connectivity index (χ2v) is 3.42. The molecule has 1 aromatic carbocycles. The van der Waals surface area contributed by atoms with E-state index in [0.29, 0.717) is 12.1 Å². The molecular weight excluding hydrogens is 190 g/mol. The molecule has 0 aliphatic carbocycles. The van der Waals surface area contributed by atoms with E-state index in [9.17, 15) is 9.90 Å². The molecular formula is C12H15NO2. The van der Waals surface area contributed by atoms with Gasteiger partial charge in [0.1, 0.15) is 5.75 Å². The van der Waals surface area contributed by atoms with Crippen molar-refractivity contribution in [1.82, 2.24) is 0 Å². The molecule has 3 nitrogen and oxygen atoms in total. The average Bonchev–Trinajstić information content (AvgIpc) is 2.18. The smallest absolute Gasteiger partial charge is 0.163 e. The van der Waals surface area contributed by atoms with E-state index in [2.05, 4.69) is 0 Å². The molecule has 0 amide bonds. The van der Waals surface area contributed by atoms with Crippen LogP contribution in [-0.2, 0) is 0 Å². The molecule has 0 spiro atoms. The van der Waals surface area contributed by atoms with Crippen molar-refractivity contribution in [3.05, 3.63) is 34.9 Å². The third-order valence-corrected chi connectivity index (χ3v) is 2.20. The fourth-order valence-electron chi connectivity index (χ4n) is 1.37. The van der Waals surface area contributed by atoms with Crippen LogP contribution >= 0.6 is 0 Å². The maximum Gasteiger partial charge on any atom is 0.163 e. The van der Waals surface area contributed by atoms with Crippen molar-refractivity contribution < 1.29 is 9.90 Å². The van der Waals surface area contributed by atoms with Crippen molar-refractivity contribution in [2.45, 2.75) is 13.8 Å². The molecule has 80 valence electrons. The Morgan fingerprint density at radius 3 is 2.73 bits per heavy atom. The first-order valence-corrected chi connectivity index (χ1v) is 4.77. The second kappa shape index (κ2) is 4.75. The number of aromatic hydroxyl groups is 1. The van der Waals surface area contributed by atoms with Gasteiger partial charge >= 0.3 is 0 Å². The van der Waals surface area contributed by atoms with Gasteiger partial charge in [-0.25, -0.2) is 0 Å². The van der Waals surface area contributed by atoms with Crippen molar-refractivity contribution in [3.63, 3.8) is 0 Å². The van der Waals surface area contributed by atoms with Crippen molar-refractivity contribution in [2.75, 3.05) is 6.54 Å². The molecule has 3 heteroatoms. The van der Waals surface area contributed by atoms with Gasteiger partial charge in [0.15, 0.2) is 5.78 Å². The number of Topliss-reactive ketones (excluding diaryl/α,β-unsaturated/α-hetero) is 1. The third-order valence-electron chi connectivity index (χ3n) is 2.20. The van der Waals surface area contributed by atoms with Crippen LogP contribution in [0.5, 0.6) is 5.75 Å². The normalized spacial score (nSPS) is 10.9. The predicted octanol–water partition coefficient (Wildman–Crippen LogP) is 1.88. The van der Waals surface area contributed by atoms with Crippen molar-refractivity contribution in [2.24, 2.45) is 5.73 Å². The van der Waals surface area contributed by atoms with Gasteiger partial charge in [-0.15, -0.1) is 0 Å². The Morgan fingerprint density at radius 2 is 2.20 bits per heavy atom. The van der Waals surface area contributed by atoms with Crippen LogP contribution in [0, 0.1) is 6.92 Å². The summed E-state index contributed by atoms with van der Waals surface area (Å²) in [5, 5.41) is 9.60. The van der Waals surface area contributed by atoms with Gasteiger partial charge in [-0.05, 0) is 37.1 Å².